The second-order valence-electron chi connectivity index (χ2n) is 20.9. The van der Waals surface area contributed by atoms with Crippen molar-refractivity contribution in [3.63, 3.8) is 0 Å². The first-order chi connectivity index (χ1) is 37.5. The number of carbonyl (C=O) groups is 3. The van der Waals surface area contributed by atoms with Crippen molar-refractivity contribution in [2.75, 3.05) is 13.2 Å². The van der Waals surface area contributed by atoms with Gasteiger partial charge in [0.15, 0.2) is 6.10 Å². The van der Waals surface area contributed by atoms with Gasteiger partial charge in [0, 0.05) is 19.3 Å². The molecule has 434 valence electrons. The molecule has 0 radical (unpaired) electrons. The minimum absolute atomic E-state index is 0.0883. The fourth-order valence-corrected chi connectivity index (χ4v) is 8.71. The number of unbranched alkanes of at least 4 members (excludes halogenated alkanes) is 28. The second kappa shape index (κ2) is 63.6. The Bertz CT molecular complexity index is 1540. The molecule has 0 aliphatic carbocycles. The zero-order valence-electron chi connectivity index (χ0n) is 49.7. The van der Waals surface area contributed by atoms with E-state index in [1.807, 2.05) is 0 Å². The first kappa shape index (κ1) is 72.1. The molecule has 6 nitrogen and oxygen atoms in total. The van der Waals surface area contributed by atoms with Crippen LogP contribution < -0.4 is 0 Å². The fraction of sp³-hybridized carbons (Fsp3) is 0.700. The van der Waals surface area contributed by atoms with Gasteiger partial charge < -0.3 is 14.2 Å². The first-order valence-electron chi connectivity index (χ1n) is 31.9. The maximum Gasteiger partial charge on any atom is 0.306 e. The highest BCUT2D eigenvalue weighted by atomic mass is 16.6. The number of esters is 3. The van der Waals surface area contributed by atoms with Crippen LogP contribution in [-0.4, -0.2) is 37.2 Å². The zero-order chi connectivity index (χ0) is 55.0. The fourth-order valence-electron chi connectivity index (χ4n) is 8.71. The van der Waals surface area contributed by atoms with E-state index in [0.717, 1.165) is 122 Å². The van der Waals surface area contributed by atoms with E-state index in [2.05, 4.69) is 130 Å². The Morgan fingerprint density at radius 2 is 0.513 bits per heavy atom. The maximum absolute atomic E-state index is 12.9. The van der Waals surface area contributed by atoms with E-state index in [4.69, 9.17) is 14.2 Å². The molecule has 0 aromatic rings. The van der Waals surface area contributed by atoms with Crippen molar-refractivity contribution in [2.24, 2.45) is 0 Å². The highest BCUT2D eigenvalue weighted by Crippen LogP contribution is 2.15. The molecule has 1 unspecified atom stereocenters. The van der Waals surface area contributed by atoms with Gasteiger partial charge >= 0.3 is 17.9 Å². The van der Waals surface area contributed by atoms with Crippen LogP contribution in [0, 0.1) is 0 Å². The molecule has 0 aromatic carbocycles. The van der Waals surface area contributed by atoms with Crippen LogP contribution in [0.1, 0.15) is 297 Å². The summed E-state index contributed by atoms with van der Waals surface area (Å²) in [5.74, 6) is -0.906. The van der Waals surface area contributed by atoms with Gasteiger partial charge in [-0.05, 0) is 128 Å². The van der Waals surface area contributed by atoms with E-state index < -0.39 is 6.10 Å². The normalized spacial score (nSPS) is 12.8. The van der Waals surface area contributed by atoms with E-state index in [1.54, 1.807) is 0 Å². The third kappa shape index (κ3) is 60.9. The lowest BCUT2D eigenvalue weighted by Crippen LogP contribution is -2.30. The maximum atomic E-state index is 12.9. The van der Waals surface area contributed by atoms with Gasteiger partial charge in [-0.15, -0.1) is 0 Å². The monoisotopic (exact) mass is 1050 g/mol. The van der Waals surface area contributed by atoms with Crippen LogP contribution in [0.3, 0.4) is 0 Å². The molecule has 6 heteroatoms. The van der Waals surface area contributed by atoms with Crippen LogP contribution in [0.15, 0.2) is 109 Å². The van der Waals surface area contributed by atoms with Crippen molar-refractivity contribution >= 4 is 17.9 Å². The number of hydrogen-bond acceptors (Lipinski definition) is 6. The summed E-state index contributed by atoms with van der Waals surface area (Å²) >= 11 is 0. The minimum Gasteiger partial charge on any atom is -0.462 e. The Hall–Kier alpha value is -3.93. The van der Waals surface area contributed by atoms with Gasteiger partial charge in [0.2, 0.25) is 0 Å². The first-order valence-corrected chi connectivity index (χ1v) is 31.9. The summed E-state index contributed by atoms with van der Waals surface area (Å²) in [5.41, 5.74) is 0. The quantitative estimate of drug-likeness (QED) is 0.0261. The Morgan fingerprint density at radius 3 is 0.816 bits per heavy atom. The van der Waals surface area contributed by atoms with Crippen LogP contribution in [-0.2, 0) is 28.6 Å². The van der Waals surface area contributed by atoms with E-state index >= 15 is 0 Å². The largest absolute Gasteiger partial charge is 0.462 e. The van der Waals surface area contributed by atoms with Crippen molar-refractivity contribution < 1.29 is 28.6 Å². The number of allylic oxidation sites excluding steroid dienone is 18. The molecule has 0 aromatic heterocycles. The molecule has 0 fully saturated rings. The van der Waals surface area contributed by atoms with E-state index in [1.165, 1.54) is 135 Å². The smallest absolute Gasteiger partial charge is 0.306 e. The Kier molecular flexibility index (Phi) is 60.3. The lowest BCUT2D eigenvalue weighted by molar-refractivity contribution is -0.167. The van der Waals surface area contributed by atoms with Gasteiger partial charge in [-0.25, -0.2) is 0 Å². The number of hydrogen-bond donors (Lipinski definition) is 0. The Labute approximate surface area is 470 Å². The lowest BCUT2D eigenvalue weighted by Gasteiger charge is -2.18. The van der Waals surface area contributed by atoms with Crippen LogP contribution >= 0.6 is 0 Å². The molecule has 0 aliphatic rings. The Balaban J connectivity index is 4.35. The molecule has 0 amide bonds. The van der Waals surface area contributed by atoms with Crippen molar-refractivity contribution in [1.82, 2.24) is 0 Å². The van der Waals surface area contributed by atoms with Crippen LogP contribution in [0.25, 0.3) is 0 Å². The summed E-state index contributed by atoms with van der Waals surface area (Å²) in [6.07, 6.45) is 86.6. The average Bonchev–Trinajstić information content (AvgIpc) is 3.42. The molecule has 0 heterocycles. The van der Waals surface area contributed by atoms with E-state index in [9.17, 15) is 14.4 Å². The molecule has 0 saturated heterocycles. The van der Waals surface area contributed by atoms with Crippen LogP contribution in [0.2, 0.25) is 0 Å². The SMILES string of the molecule is CC/C=C\C/C=C\C/C=C\C/C=C\C/C=C\C/C=C\CCCCCCCCCCC(=O)OCC(COC(=O)CCCCCCC/C=C\CCCCCC)OC(=O)CCCCCCCCC/C=C\C/C=C\CCCCCC. The van der Waals surface area contributed by atoms with Crippen molar-refractivity contribution in [2.45, 2.75) is 303 Å². The second-order valence-corrected chi connectivity index (χ2v) is 20.9. The third-order valence-corrected chi connectivity index (χ3v) is 13.5. The number of carbonyl (C=O) groups excluding carboxylic acids is 3. The summed E-state index contributed by atoms with van der Waals surface area (Å²) in [5, 5.41) is 0. The molecular weight excluding hydrogens is 937 g/mol. The van der Waals surface area contributed by atoms with Crippen molar-refractivity contribution in [3.8, 4) is 0 Å². The molecule has 0 spiro atoms. The predicted molar refractivity (Wildman–Crippen MR) is 330 cm³/mol. The average molecular weight is 1060 g/mol. The minimum atomic E-state index is -0.792. The molecule has 0 N–H and O–H groups in total. The molecule has 0 bridgehead atoms. The number of ether oxygens (including phenoxy) is 3. The molecule has 1 atom stereocenters. The summed E-state index contributed by atoms with van der Waals surface area (Å²) in [6.45, 7) is 6.49. The summed E-state index contributed by atoms with van der Waals surface area (Å²) < 4.78 is 16.9. The van der Waals surface area contributed by atoms with E-state index in [0.29, 0.717) is 19.3 Å². The van der Waals surface area contributed by atoms with Gasteiger partial charge in [0.25, 0.3) is 0 Å². The zero-order valence-corrected chi connectivity index (χ0v) is 49.7. The third-order valence-electron chi connectivity index (χ3n) is 13.5. The van der Waals surface area contributed by atoms with Crippen LogP contribution in [0.4, 0.5) is 0 Å². The summed E-state index contributed by atoms with van der Waals surface area (Å²) in [6, 6.07) is 0. The van der Waals surface area contributed by atoms with Crippen LogP contribution in [0.5, 0.6) is 0 Å². The van der Waals surface area contributed by atoms with Gasteiger partial charge in [0.1, 0.15) is 13.2 Å². The van der Waals surface area contributed by atoms with Crippen molar-refractivity contribution in [1.29, 1.82) is 0 Å². The number of rotatable bonds is 57. The predicted octanol–water partition coefficient (Wildman–Crippen LogP) is 21.8. The topological polar surface area (TPSA) is 78.9 Å². The highest BCUT2D eigenvalue weighted by Gasteiger charge is 2.19. The molecular formula is C70H118O6. The van der Waals surface area contributed by atoms with Gasteiger partial charge in [-0.3, -0.25) is 14.4 Å². The standard InChI is InChI=1S/C70H118O6/c1-4-7-10-13-16-19-22-25-27-29-31-32-33-34-35-36-37-38-39-41-42-45-48-51-54-57-60-63-69(72)75-66-67(65-74-68(71)62-59-56-53-50-47-44-24-21-18-15-12-9-6-3)76-70(73)64-61-58-55-52-49-46-43-40-30-28-26-23-20-17-14-11-8-5-2/h7,10,16,19-21,23-25,27-28,30-32,34-35,37-38,67H,4-6,8-9,11-15,17-18,22,26,29,33,36,39-66H2,1-3H3/b10-7-,19-16-,23-20-,24-21-,27-25-,30-28-,32-31-,35-34-,38-37-. The molecule has 0 saturated carbocycles. The highest BCUT2D eigenvalue weighted by molar-refractivity contribution is 5.71. The van der Waals surface area contributed by atoms with Gasteiger partial charge in [0.05, 0.1) is 0 Å². The molecule has 0 rings (SSSR count). The molecule has 0 aliphatic heterocycles. The van der Waals surface area contributed by atoms with Crippen molar-refractivity contribution in [3.05, 3.63) is 109 Å². The van der Waals surface area contributed by atoms with Gasteiger partial charge in [-0.2, -0.15) is 0 Å². The lowest BCUT2D eigenvalue weighted by atomic mass is 10.1. The van der Waals surface area contributed by atoms with E-state index in [-0.39, 0.29) is 31.1 Å². The Morgan fingerprint density at radius 1 is 0.276 bits per heavy atom. The summed E-state index contributed by atoms with van der Waals surface area (Å²) in [7, 11) is 0. The molecule has 76 heavy (non-hydrogen) atoms. The summed E-state index contributed by atoms with van der Waals surface area (Å²) in [4.78, 5) is 38.3. The van der Waals surface area contributed by atoms with Gasteiger partial charge in [-0.1, -0.05) is 259 Å².